The minimum Gasteiger partial charge on any atom is -0.503 e. The van der Waals surface area contributed by atoms with Gasteiger partial charge in [0.2, 0.25) is 0 Å². The SMILES string of the molecule is CC(C)CC(=O)C1=C(O)C(=O)N(CCCN(C)C)C1c1ccc(F)cc1. The van der Waals surface area contributed by atoms with Crippen LogP contribution < -0.4 is 0 Å². The summed E-state index contributed by atoms with van der Waals surface area (Å²) in [7, 11) is 3.88. The van der Waals surface area contributed by atoms with Gasteiger partial charge < -0.3 is 14.9 Å². The van der Waals surface area contributed by atoms with Crippen molar-refractivity contribution in [3.63, 3.8) is 0 Å². The molecule has 1 unspecified atom stereocenters. The normalized spacial score (nSPS) is 17.7. The molecule has 0 saturated carbocycles. The van der Waals surface area contributed by atoms with Crippen molar-refractivity contribution < 1.29 is 19.1 Å². The van der Waals surface area contributed by atoms with E-state index in [1.54, 1.807) is 12.1 Å². The second-order valence-electron chi connectivity index (χ2n) is 7.39. The predicted octanol–water partition coefficient (Wildman–Crippen LogP) is 3.09. The molecule has 26 heavy (non-hydrogen) atoms. The number of carbonyl (C=O) groups is 2. The van der Waals surface area contributed by atoms with Crippen molar-refractivity contribution in [1.29, 1.82) is 0 Å². The molecule has 0 radical (unpaired) electrons. The summed E-state index contributed by atoms with van der Waals surface area (Å²) in [5, 5.41) is 10.4. The van der Waals surface area contributed by atoms with Crippen LogP contribution in [-0.4, -0.2) is 53.8 Å². The number of ketones is 1. The van der Waals surface area contributed by atoms with E-state index in [9.17, 15) is 19.1 Å². The number of rotatable bonds is 8. The van der Waals surface area contributed by atoms with E-state index in [0.29, 0.717) is 18.5 Å². The van der Waals surface area contributed by atoms with Crippen LogP contribution in [0.1, 0.15) is 38.3 Å². The van der Waals surface area contributed by atoms with Gasteiger partial charge in [-0.3, -0.25) is 9.59 Å². The quantitative estimate of drug-likeness (QED) is 0.772. The molecule has 0 fully saturated rings. The molecule has 1 aliphatic rings. The summed E-state index contributed by atoms with van der Waals surface area (Å²) < 4.78 is 13.3. The first-order chi connectivity index (χ1) is 12.2. The zero-order chi connectivity index (χ0) is 19.4. The van der Waals surface area contributed by atoms with Crippen LogP contribution >= 0.6 is 0 Å². The van der Waals surface area contributed by atoms with E-state index >= 15 is 0 Å². The van der Waals surface area contributed by atoms with Crippen molar-refractivity contribution in [2.24, 2.45) is 5.92 Å². The number of hydrogen-bond acceptors (Lipinski definition) is 4. The van der Waals surface area contributed by atoms with E-state index in [2.05, 4.69) is 0 Å². The number of hydrogen-bond donors (Lipinski definition) is 1. The summed E-state index contributed by atoms with van der Waals surface area (Å²) in [5.41, 5.74) is 0.751. The van der Waals surface area contributed by atoms with Crippen molar-refractivity contribution in [3.8, 4) is 0 Å². The standard InChI is InChI=1S/C20H27FN2O3/c1-13(2)12-16(24)17-18(14-6-8-15(21)9-7-14)23(20(26)19(17)25)11-5-10-22(3)4/h6-9,13,18,25H,5,10-12H2,1-4H3. The number of aliphatic hydroxyl groups excluding tert-OH is 1. The maximum atomic E-state index is 13.3. The molecule has 0 aromatic heterocycles. The van der Waals surface area contributed by atoms with Crippen LogP contribution in [0.15, 0.2) is 35.6 Å². The molecule has 5 nitrogen and oxygen atoms in total. The van der Waals surface area contributed by atoms with Gasteiger partial charge in [0.15, 0.2) is 11.5 Å². The second-order valence-corrected chi connectivity index (χ2v) is 7.39. The van der Waals surface area contributed by atoms with Gasteiger partial charge in [-0.1, -0.05) is 26.0 Å². The lowest BCUT2D eigenvalue weighted by Crippen LogP contribution is -2.33. The Balaban J connectivity index is 2.38. The first-order valence-electron chi connectivity index (χ1n) is 8.89. The zero-order valence-electron chi connectivity index (χ0n) is 15.8. The molecule has 1 N–H and O–H groups in total. The summed E-state index contributed by atoms with van der Waals surface area (Å²) in [4.78, 5) is 28.8. The lowest BCUT2D eigenvalue weighted by atomic mass is 9.92. The van der Waals surface area contributed by atoms with E-state index in [1.807, 2.05) is 32.8 Å². The third-order valence-corrected chi connectivity index (χ3v) is 4.39. The van der Waals surface area contributed by atoms with Gasteiger partial charge in [-0.2, -0.15) is 0 Å². The number of Topliss-reactive ketones (excluding diaryl/α,β-unsaturated/α-hetero) is 1. The van der Waals surface area contributed by atoms with Gasteiger partial charge in [0.25, 0.3) is 5.91 Å². The van der Waals surface area contributed by atoms with Crippen molar-refractivity contribution in [1.82, 2.24) is 9.80 Å². The number of nitrogens with zero attached hydrogens (tertiary/aromatic N) is 2. The molecular weight excluding hydrogens is 335 g/mol. The van der Waals surface area contributed by atoms with Crippen molar-refractivity contribution in [3.05, 3.63) is 47.0 Å². The van der Waals surface area contributed by atoms with E-state index in [1.165, 1.54) is 17.0 Å². The molecule has 1 amide bonds. The van der Waals surface area contributed by atoms with Gasteiger partial charge in [-0.05, 0) is 50.7 Å². The molecule has 6 heteroatoms. The lowest BCUT2D eigenvalue weighted by molar-refractivity contribution is -0.129. The lowest BCUT2D eigenvalue weighted by Gasteiger charge is -2.27. The van der Waals surface area contributed by atoms with Crippen molar-refractivity contribution >= 4 is 11.7 Å². The average Bonchev–Trinajstić information content (AvgIpc) is 2.79. The number of aliphatic hydroxyl groups is 1. The predicted molar refractivity (Wildman–Crippen MR) is 98.1 cm³/mol. The highest BCUT2D eigenvalue weighted by atomic mass is 19.1. The fourth-order valence-electron chi connectivity index (χ4n) is 3.20. The number of amides is 1. The first-order valence-corrected chi connectivity index (χ1v) is 8.89. The minimum atomic E-state index is -0.670. The van der Waals surface area contributed by atoms with Gasteiger partial charge >= 0.3 is 0 Å². The summed E-state index contributed by atoms with van der Waals surface area (Å²) in [6, 6.07) is 5.06. The molecule has 1 aliphatic heterocycles. The Morgan fingerprint density at radius 2 is 1.88 bits per heavy atom. The van der Waals surface area contributed by atoms with Crippen LogP contribution in [0, 0.1) is 11.7 Å². The smallest absolute Gasteiger partial charge is 0.290 e. The Hall–Kier alpha value is -2.21. The number of halogens is 1. The Bertz CT molecular complexity index is 696. The molecule has 1 aromatic carbocycles. The molecular formula is C20H27FN2O3. The van der Waals surface area contributed by atoms with Gasteiger partial charge in [-0.25, -0.2) is 4.39 Å². The number of carbonyl (C=O) groups excluding carboxylic acids is 2. The van der Waals surface area contributed by atoms with Gasteiger partial charge in [0.1, 0.15) is 5.82 Å². The maximum Gasteiger partial charge on any atom is 0.290 e. The largest absolute Gasteiger partial charge is 0.503 e. The average molecular weight is 362 g/mol. The monoisotopic (exact) mass is 362 g/mol. The zero-order valence-corrected chi connectivity index (χ0v) is 15.8. The highest BCUT2D eigenvalue weighted by Crippen LogP contribution is 2.38. The molecule has 142 valence electrons. The summed E-state index contributed by atoms with van der Waals surface area (Å²) in [6.07, 6.45) is 0.950. The van der Waals surface area contributed by atoms with Gasteiger partial charge in [0, 0.05) is 13.0 Å². The van der Waals surface area contributed by atoms with Crippen LogP contribution in [-0.2, 0) is 9.59 Å². The summed E-state index contributed by atoms with van der Waals surface area (Å²) in [5.74, 6) is -1.54. The fraction of sp³-hybridized carbons (Fsp3) is 0.500. The van der Waals surface area contributed by atoms with Crippen molar-refractivity contribution in [2.45, 2.75) is 32.7 Å². The summed E-state index contributed by atoms with van der Waals surface area (Å²) in [6.45, 7) is 5.00. The van der Waals surface area contributed by atoms with E-state index < -0.39 is 17.7 Å². The topological polar surface area (TPSA) is 60.9 Å². The maximum absolute atomic E-state index is 13.3. The molecule has 1 atom stereocenters. The Morgan fingerprint density at radius 1 is 1.27 bits per heavy atom. The van der Waals surface area contributed by atoms with E-state index in [-0.39, 0.29) is 29.5 Å². The third kappa shape index (κ3) is 4.49. The van der Waals surface area contributed by atoms with Gasteiger partial charge in [-0.15, -0.1) is 0 Å². The Labute approximate surface area is 154 Å². The molecule has 0 saturated heterocycles. The summed E-state index contributed by atoms with van der Waals surface area (Å²) >= 11 is 0. The van der Waals surface area contributed by atoms with Crippen LogP contribution in [0.2, 0.25) is 0 Å². The highest BCUT2D eigenvalue weighted by molar-refractivity contribution is 6.09. The molecule has 1 heterocycles. The van der Waals surface area contributed by atoms with E-state index in [4.69, 9.17) is 0 Å². The van der Waals surface area contributed by atoms with Crippen LogP contribution in [0.25, 0.3) is 0 Å². The molecule has 0 spiro atoms. The van der Waals surface area contributed by atoms with Gasteiger partial charge in [0.05, 0.1) is 11.6 Å². The molecule has 0 bridgehead atoms. The number of benzene rings is 1. The molecule has 0 aliphatic carbocycles. The fourth-order valence-corrected chi connectivity index (χ4v) is 3.20. The second kappa shape index (κ2) is 8.45. The Kier molecular flexibility index (Phi) is 6.53. The van der Waals surface area contributed by atoms with Crippen molar-refractivity contribution in [2.75, 3.05) is 27.2 Å². The Morgan fingerprint density at radius 3 is 2.42 bits per heavy atom. The van der Waals surface area contributed by atoms with E-state index in [0.717, 1.165) is 6.54 Å². The van der Waals surface area contributed by atoms with Crippen LogP contribution in [0.5, 0.6) is 0 Å². The minimum absolute atomic E-state index is 0.106. The highest BCUT2D eigenvalue weighted by Gasteiger charge is 2.43. The molecule has 1 aromatic rings. The third-order valence-electron chi connectivity index (χ3n) is 4.39. The van der Waals surface area contributed by atoms with Crippen LogP contribution in [0.3, 0.4) is 0 Å². The van der Waals surface area contributed by atoms with Crippen LogP contribution in [0.4, 0.5) is 4.39 Å². The molecule has 2 rings (SSSR count). The first kappa shape index (κ1) is 20.1.